The van der Waals surface area contributed by atoms with Gasteiger partial charge in [-0.25, -0.2) is 4.98 Å². The number of nitrogens with zero attached hydrogens (tertiary/aromatic N) is 3. The second-order valence-electron chi connectivity index (χ2n) is 7.32. The Morgan fingerprint density at radius 3 is 2.92 bits per heavy atom. The van der Waals surface area contributed by atoms with Crippen LogP contribution in [0, 0.1) is 0 Å². The van der Waals surface area contributed by atoms with Gasteiger partial charge in [0.1, 0.15) is 0 Å². The fraction of sp³-hybridized carbons (Fsp3) is 0.333. The summed E-state index contributed by atoms with van der Waals surface area (Å²) in [5.74, 6) is 0.126. The first kappa shape index (κ1) is 15.6. The van der Waals surface area contributed by atoms with Crippen LogP contribution in [0.25, 0.3) is 11.0 Å². The lowest BCUT2D eigenvalue weighted by Gasteiger charge is -2.33. The van der Waals surface area contributed by atoms with Gasteiger partial charge in [-0.05, 0) is 42.2 Å². The molecule has 5 heteroatoms. The van der Waals surface area contributed by atoms with Crippen LogP contribution in [0.4, 0.5) is 0 Å². The first-order valence-corrected chi connectivity index (χ1v) is 9.31. The first-order valence-electron chi connectivity index (χ1n) is 9.31. The van der Waals surface area contributed by atoms with E-state index in [4.69, 9.17) is 0 Å². The standard InChI is InChI=1S/C21H22N4O/c26-21(16-5-6-19-20(11-16)23-14-22-19)25-10-8-18(13-25)24-9-7-15-3-1-2-4-17(15)12-24/h1-6,11,14,18H,7-10,12-13H2,(H,22,23). The van der Waals surface area contributed by atoms with Crippen LogP contribution in [-0.4, -0.2) is 51.4 Å². The molecule has 1 fully saturated rings. The summed E-state index contributed by atoms with van der Waals surface area (Å²) in [6.07, 6.45) is 3.83. The second kappa shape index (κ2) is 6.25. The predicted octanol–water partition coefficient (Wildman–Crippen LogP) is 2.84. The van der Waals surface area contributed by atoms with Gasteiger partial charge in [-0.3, -0.25) is 9.69 Å². The number of rotatable bonds is 2. The number of aromatic nitrogens is 2. The molecule has 1 atom stereocenters. The fourth-order valence-corrected chi connectivity index (χ4v) is 4.30. The van der Waals surface area contributed by atoms with E-state index in [0.717, 1.165) is 55.6 Å². The maximum atomic E-state index is 12.9. The minimum atomic E-state index is 0.126. The molecule has 2 aliphatic heterocycles. The number of hydrogen-bond donors (Lipinski definition) is 1. The number of fused-ring (bicyclic) bond motifs is 2. The summed E-state index contributed by atoms with van der Waals surface area (Å²) in [5, 5.41) is 0. The number of nitrogens with one attached hydrogen (secondary N) is 1. The van der Waals surface area contributed by atoms with E-state index in [1.165, 1.54) is 11.1 Å². The summed E-state index contributed by atoms with van der Waals surface area (Å²) in [7, 11) is 0. The average Bonchev–Trinajstić information content (AvgIpc) is 3.36. The van der Waals surface area contributed by atoms with Crippen molar-refractivity contribution in [3.63, 3.8) is 0 Å². The fourth-order valence-electron chi connectivity index (χ4n) is 4.30. The number of aromatic amines is 1. The lowest BCUT2D eigenvalue weighted by molar-refractivity contribution is 0.0773. The van der Waals surface area contributed by atoms with E-state index in [2.05, 4.69) is 39.1 Å². The van der Waals surface area contributed by atoms with Crippen LogP contribution in [0.3, 0.4) is 0 Å². The van der Waals surface area contributed by atoms with Gasteiger partial charge >= 0.3 is 0 Å². The minimum Gasteiger partial charge on any atom is -0.345 e. The van der Waals surface area contributed by atoms with E-state index in [1.807, 2.05) is 23.1 Å². The average molecular weight is 346 g/mol. The van der Waals surface area contributed by atoms with E-state index < -0.39 is 0 Å². The molecule has 26 heavy (non-hydrogen) atoms. The smallest absolute Gasteiger partial charge is 0.253 e. The lowest BCUT2D eigenvalue weighted by Crippen LogP contribution is -2.41. The normalized spacial score (nSPS) is 20.5. The SMILES string of the molecule is O=C(c1ccc2nc[nH]c2c1)N1CCC(N2CCc3ccccc3C2)C1. The lowest BCUT2D eigenvalue weighted by atomic mass is 9.98. The summed E-state index contributed by atoms with van der Waals surface area (Å²) < 4.78 is 0. The van der Waals surface area contributed by atoms with Crippen LogP contribution in [0.2, 0.25) is 0 Å². The topological polar surface area (TPSA) is 52.2 Å². The number of amides is 1. The Morgan fingerprint density at radius 1 is 1.12 bits per heavy atom. The van der Waals surface area contributed by atoms with Gasteiger partial charge in [-0.1, -0.05) is 24.3 Å². The molecule has 0 spiro atoms. The quantitative estimate of drug-likeness (QED) is 0.776. The number of carbonyl (C=O) groups excluding carboxylic acids is 1. The third-order valence-electron chi connectivity index (χ3n) is 5.79. The van der Waals surface area contributed by atoms with Gasteiger partial charge in [0.15, 0.2) is 0 Å². The molecular formula is C21H22N4O. The Labute approximate surface area is 152 Å². The number of hydrogen-bond acceptors (Lipinski definition) is 3. The van der Waals surface area contributed by atoms with Crippen molar-refractivity contribution in [3.05, 3.63) is 65.5 Å². The second-order valence-corrected chi connectivity index (χ2v) is 7.32. The molecule has 0 radical (unpaired) electrons. The summed E-state index contributed by atoms with van der Waals surface area (Å²) >= 11 is 0. The highest BCUT2D eigenvalue weighted by Gasteiger charge is 2.32. The van der Waals surface area contributed by atoms with Crippen molar-refractivity contribution in [1.82, 2.24) is 19.8 Å². The van der Waals surface area contributed by atoms with Crippen LogP contribution in [0.1, 0.15) is 27.9 Å². The molecule has 5 rings (SSSR count). The van der Waals surface area contributed by atoms with Gasteiger partial charge in [-0.2, -0.15) is 0 Å². The van der Waals surface area contributed by atoms with Crippen LogP contribution in [0.15, 0.2) is 48.8 Å². The van der Waals surface area contributed by atoms with Gasteiger partial charge in [0, 0.05) is 37.8 Å². The molecule has 1 N–H and O–H groups in total. The van der Waals surface area contributed by atoms with Crippen molar-refractivity contribution in [2.45, 2.75) is 25.4 Å². The van der Waals surface area contributed by atoms with Crippen LogP contribution in [0.5, 0.6) is 0 Å². The first-order chi connectivity index (χ1) is 12.8. The van der Waals surface area contributed by atoms with E-state index in [9.17, 15) is 4.79 Å². The van der Waals surface area contributed by atoms with Crippen molar-refractivity contribution in [3.8, 4) is 0 Å². The van der Waals surface area contributed by atoms with Crippen LogP contribution in [-0.2, 0) is 13.0 Å². The molecule has 1 saturated heterocycles. The van der Waals surface area contributed by atoms with Crippen molar-refractivity contribution >= 4 is 16.9 Å². The number of likely N-dealkylation sites (tertiary alicyclic amines) is 1. The molecular weight excluding hydrogens is 324 g/mol. The van der Waals surface area contributed by atoms with Crippen LogP contribution >= 0.6 is 0 Å². The molecule has 5 nitrogen and oxygen atoms in total. The molecule has 0 aliphatic carbocycles. The number of imidazole rings is 1. The maximum Gasteiger partial charge on any atom is 0.253 e. The number of benzene rings is 2. The summed E-state index contributed by atoms with van der Waals surface area (Å²) in [5.41, 5.74) is 5.47. The highest BCUT2D eigenvalue weighted by molar-refractivity contribution is 5.97. The largest absolute Gasteiger partial charge is 0.345 e. The molecule has 2 aromatic carbocycles. The summed E-state index contributed by atoms with van der Waals surface area (Å²) in [4.78, 5) is 24.8. The van der Waals surface area contributed by atoms with Crippen molar-refractivity contribution < 1.29 is 4.79 Å². The summed E-state index contributed by atoms with van der Waals surface area (Å²) in [6.45, 7) is 3.75. The van der Waals surface area contributed by atoms with Crippen molar-refractivity contribution in [2.75, 3.05) is 19.6 Å². The third-order valence-corrected chi connectivity index (χ3v) is 5.79. The minimum absolute atomic E-state index is 0.126. The number of H-pyrrole nitrogens is 1. The van der Waals surface area contributed by atoms with Gasteiger partial charge in [0.2, 0.25) is 0 Å². The van der Waals surface area contributed by atoms with Gasteiger partial charge in [0.05, 0.1) is 17.4 Å². The zero-order chi connectivity index (χ0) is 17.5. The Morgan fingerprint density at radius 2 is 2.00 bits per heavy atom. The Balaban J connectivity index is 1.29. The molecule has 3 heterocycles. The molecule has 1 amide bonds. The van der Waals surface area contributed by atoms with Crippen molar-refractivity contribution in [2.24, 2.45) is 0 Å². The number of carbonyl (C=O) groups is 1. The maximum absolute atomic E-state index is 12.9. The molecule has 0 saturated carbocycles. The van der Waals surface area contributed by atoms with E-state index in [1.54, 1.807) is 6.33 Å². The van der Waals surface area contributed by atoms with Gasteiger partial charge < -0.3 is 9.88 Å². The molecule has 2 aliphatic rings. The van der Waals surface area contributed by atoms with Crippen LogP contribution < -0.4 is 0 Å². The summed E-state index contributed by atoms with van der Waals surface area (Å²) in [6, 6.07) is 14.9. The predicted molar refractivity (Wildman–Crippen MR) is 101 cm³/mol. The van der Waals surface area contributed by atoms with Gasteiger partial charge in [-0.15, -0.1) is 0 Å². The molecule has 1 aromatic heterocycles. The van der Waals surface area contributed by atoms with E-state index in [-0.39, 0.29) is 5.91 Å². The Hall–Kier alpha value is -2.66. The highest BCUT2D eigenvalue weighted by atomic mass is 16.2. The van der Waals surface area contributed by atoms with E-state index in [0.29, 0.717) is 6.04 Å². The monoisotopic (exact) mass is 346 g/mol. The third kappa shape index (κ3) is 2.69. The zero-order valence-corrected chi connectivity index (χ0v) is 14.7. The molecule has 0 bridgehead atoms. The highest BCUT2D eigenvalue weighted by Crippen LogP contribution is 2.25. The molecule has 3 aromatic rings. The molecule has 132 valence electrons. The van der Waals surface area contributed by atoms with Crippen molar-refractivity contribution in [1.29, 1.82) is 0 Å². The zero-order valence-electron chi connectivity index (χ0n) is 14.7. The Bertz CT molecular complexity index is 963. The molecule has 1 unspecified atom stereocenters. The van der Waals surface area contributed by atoms with Gasteiger partial charge in [0.25, 0.3) is 5.91 Å². The van der Waals surface area contributed by atoms with E-state index >= 15 is 0 Å². The Kier molecular flexibility index (Phi) is 3.75.